The van der Waals surface area contributed by atoms with Gasteiger partial charge in [-0.25, -0.2) is 14.4 Å². The van der Waals surface area contributed by atoms with Crippen LogP contribution in [0.25, 0.3) is 11.0 Å². The summed E-state index contributed by atoms with van der Waals surface area (Å²) in [6.45, 7) is 1.59. The summed E-state index contributed by atoms with van der Waals surface area (Å²) >= 11 is 0. The first-order chi connectivity index (χ1) is 18.8. The fraction of sp³-hybridized carbons (Fsp3) is 0.321. The zero-order chi connectivity index (χ0) is 27.6. The minimum absolute atomic E-state index is 0.0443. The lowest BCUT2D eigenvalue weighted by Gasteiger charge is -2.22. The van der Waals surface area contributed by atoms with Crippen LogP contribution in [0.1, 0.15) is 24.8 Å². The van der Waals surface area contributed by atoms with E-state index in [0.29, 0.717) is 41.7 Å². The van der Waals surface area contributed by atoms with Gasteiger partial charge in [-0.3, -0.25) is 4.79 Å². The number of imidazole rings is 1. The van der Waals surface area contributed by atoms with E-state index in [1.54, 1.807) is 30.3 Å². The molecule has 0 aliphatic carbocycles. The molecule has 1 aliphatic heterocycles. The first kappa shape index (κ1) is 26.5. The van der Waals surface area contributed by atoms with E-state index in [1.165, 1.54) is 19.2 Å². The molecule has 10 nitrogen and oxygen atoms in total. The lowest BCUT2D eigenvalue weighted by Crippen LogP contribution is -2.40. The molecule has 3 heterocycles. The van der Waals surface area contributed by atoms with E-state index < -0.39 is 24.5 Å². The summed E-state index contributed by atoms with van der Waals surface area (Å²) in [5.41, 5.74) is 1.59. The largest absolute Gasteiger partial charge is 0.457 e. The zero-order valence-electron chi connectivity index (χ0n) is 21.6. The first-order valence-corrected chi connectivity index (χ1v) is 12.6. The van der Waals surface area contributed by atoms with Crippen LogP contribution in [0, 0.1) is 11.2 Å². The Hall–Kier alpha value is -4.06. The maximum absolute atomic E-state index is 14.4. The SMILES string of the molecule is Cn1c(Nc2ccc(F)c(C3CCOC3)c2)nc2cc(Oc3ccnc(NC(=O)C(C)(CO)CO)c3)ccc21. The van der Waals surface area contributed by atoms with Crippen molar-refractivity contribution < 1.29 is 28.9 Å². The smallest absolute Gasteiger partial charge is 0.236 e. The molecule has 2 aromatic carbocycles. The van der Waals surface area contributed by atoms with Crippen molar-refractivity contribution in [3.05, 3.63) is 66.1 Å². The number of benzene rings is 2. The number of fused-ring (bicyclic) bond motifs is 1. The number of nitrogens with zero attached hydrogens (tertiary/aromatic N) is 3. The van der Waals surface area contributed by atoms with Gasteiger partial charge in [0.2, 0.25) is 11.9 Å². The van der Waals surface area contributed by atoms with Crippen LogP contribution in [0.4, 0.5) is 21.8 Å². The van der Waals surface area contributed by atoms with E-state index in [2.05, 4.69) is 15.6 Å². The lowest BCUT2D eigenvalue weighted by molar-refractivity contribution is -0.129. The molecular formula is C28H30FN5O5. The first-order valence-electron chi connectivity index (χ1n) is 12.6. The average molecular weight is 536 g/mol. The minimum atomic E-state index is -1.34. The molecule has 1 saturated heterocycles. The molecule has 1 unspecified atom stereocenters. The predicted molar refractivity (Wildman–Crippen MR) is 144 cm³/mol. The molecule has 0 bridgehead atoms. The third-order valence-electron chi connectivity index (χ3n) is 6.93. The summed E-state index contributed by atoms with van der Waals surface area (Å²) in [6.07, 6.45) is 2.28. The third-order valence-corrected chi connectivity index (χ3v) is 6.93. The second kappa shape index (κ2) is 11.0. The predicted octanol–water partition coefficient (Wildman–Crippen LogP) is 4.08. The third kappa shape index (κ3) is 5.56. The van der Waals surface area contributed by atoms with Crippen molar-refractivity contribution in [1.82, 2.24) is 14.5 Å². The molecule has 204 valence electrons. The number of aliphatic hydroxyl groups excluding tert-OH is 2. The molecule has 0 saturated carbocycles. The molecule has 11 heteroatoms. The van der Waals surface area contributed by atoms with E-state index >= 15 is 0 Å². The summed E-state index contributed by atoms with van der Waals surface area (Å²) in [5.74, 6) is 1.01. The van der Waals surface area contributed by atoms with Gasteiger partial charge in [0.1, 0.15) is 23.1 Å². The number of aliphatic hydroxyl groups is 2. The Bertz CT molecular complexity index is 1500. The Balaban J connectivity index is 1.33. The fourth-order valence-corrected chi connectivity index (χ4v) is 4.34. The number of carbonyl (C=O) groups is 1. The lowest BCUT2D eigenvalue weighted by atomic mass is 9.92. The molecule has 5 rings (SSSR count). The molecule has 1 amide bonds. The number of hydrogen-bond donors (Lipinski definition) is 4. The quantitative estimate of drug-likeness (QED) is 0.252. The number of anilines is 3. The number of hydrogen-bond acceptors (Lipinski definition) is 8. The van der Waals surface area contributed by atoms with E-state index in [1.807, 2.05) is 23.7 Å². The number of amides is 1. The van der Waals surface area contributed by atoms with Gasteiger partial charge in [0.15, 0.2) is 0 Å². The number of nitrogens with one attached hydrogen (secondary N) is 2. The molecule has 0 spiro atoms. The Morgan fingerprint density at radius 1 is 1.18 bits per heavy atom. The van der Waals surface area contributed by atoms with Gasteiger partial charge in [-0.2, -0.15) is 0 Å². The van der Waals surface area contributed by atoms with Crippen LogP contribution in [0.5, 0.6) is 11.5 Å². The molecule has 39 heavy (non-hydrogen) atoms. The van der Waals surface area contributed by atoms with Crippen molar-refractivity contribution in [2.75, 3.05) is 37.1 Å². The van der Waals surface area contributed by atoms with Crippen LogP contribution in [0.2, 0.25) is 0 Å². The van der Waals surface area contributed by atoms with Crippen LogP contribution in [-0.2, 0) is 16.6 Å². The minimum Gasteiger partial charge on any atom is -0.457 e. The van der Waals surface area contributed by atoms with Gasteiger partial charge in [0.25, 0.3) is 0 Å². The van der Waals surface area contributed by atoms with Crippen molar-refractivity contribution in [3.8, 4) is 11.5 Å². The number of aromatic nitrogens is 3. The van der Waals surface area contributed by atoms with Crippen molar-refractivity contribution >= 4 is 34.4 Å². The Morgan fingerprint density at radius 2 is 1.97 bits per heavy atom. The van der Waals surface area contributed by atoms with Crippen molar-refractivity contribution in [1.29, 1.82) is 0 Å². The van der Waals surface area contributed by atoms with Crippen LogP contribution in [0.15, 0.2) is 54.7 Å². The van der Waals surface area contributed by atoms with E-state index in [-0.39, 0.29) is 17.6 Å². The standard InChI is InChI=1S/C28H30FN5O5/c1-28(15-35,16-36)26(37)33-25-13-20(7-9-30-25)39-19-4-6-24-23(12-19)32-27(34(24)2)31-18-3-5-22(29)21(11-18)17-8-10-38-14-17/h3-7,9,11-13,17,35-36H,8,10,14-16H2,1-2H3,(H,31,32)(H,30,33,37). The van der Waals surface area contributed by atoms with Gasteiger partial charge in [-0.1, -0.05) is 0 Å². The van der Waals surface area contributed by atoms with Crippen molar-refractivity contribution in [2.45, 2.75) is 19.3 Å². The molecule has 4 N–H and O–H groups in total. The van der Waals surface area contributed by atoms with Crippen molar-refractivity contribution in [3.63, 3.8) is 0 Å². The van der Waals surface area contributed by atoms with Gasteiger partial charge in [-0.15, -0.1) is 0 Å². The Labute approximate surface area is 224 Å². The number of carbonyl (C=O) groups excluding carboxylic acids is 1. The van der Waals surface area contributed by atoms with Gasteiger partial charge < -0.3 is 34.9 Å². The van der Waals surface area contributed by atoms with Gasteiger partial charge in [-0.05, 0) is 55.3 Å². The molecular weight excluding hydrogens is 505 g/mol. The van der Waals surface area contributed by atoms with Crippen molar-refractivity contribution in [2.24, 2.45) is 12.5 Å². The number of halogens is 1. The highest BCUT2D eigenvalue weighted by molar-refractivity contribution is 5.94. The van der Waals surface area contributed by atoms with Crippen LogP contribution in [0.3, 0.4) is 0 Å². The number of aryl methyl sites for hydroxylation is 1. The van der Waals surface area contributed by atoms with Crippen LogP contribution >= 0.6 is 0 Å². The highest BCUT2D eigenvalue weighted by Crippen LogP contribution is 2.32. The van der Waals surface area contributed by atoms with Gasteiger partial charge in [0.05, 0.1) is 36.3 Å². The monoisotopic (exact) mass is 535 g/mol. The normalized spacial score (nSPS) is 15.5. The highest BCUT2D eigenvalue weighted by atomic mass is 19.1. The second-order valence-corrected chi connectivity index (χ2v) is 9.88. The summed E-state index contributed by atoms with van der Waals surface area (Å²) in [6, 6.07) is 13.6. The molecule has 4 aromatic rings. The van der Waals surface area contributed by atoms with E-state index in [0.717, 1.165) is 17.6 Å². The maximum atomic E-state index is 14.4. The van der Waals surface area contributed by atoms with E-state index in [9.17, 15) is 19.4 Å². The molecule has 1 aliphatic rings. The summed E-state index contributed by atoms with van der Waals surface area (Å²) in [5, 5.41) is 24.8. The summed E-state index contributed by atoms with van der Waals surface area (Å²) < 4.78 is 27.8. The summed E-state index contributed by atoms with van der Waals surface area (Å²) in [7, 11) is 1.89. The fourth-order valence-electron chi connectivity index (χ4n) is 4.34. The summed E-state index contributed by atoms with van der Waals surface area (Å²) in [4.78, 5) is 21.2. The molecule has 1 fully saturated rings. The molecule has 2 aromatic heterocycles. The molecule has 0 radical (unpaired) electrons. The number of pyridine rings is 1. The molecule has 1 atom stereocenters. The highest BCUT2D eigenvalue weighted by Gasteiger charge is 2.32. The van der Waals surface area contributed by atoms with E-state index in [4.69, 9.17) is 14.5 Å². The zero-order valence-corrected chi connectivity index (χ0v) is 21.6. The Morgan fingerprint density at radius 3 is 2.72 bits per heavy atom. The van der Waals surface area contributed by atoms with Gasteiger partial charge in [0, 0.05) is 43.6 Å². The maximum Gasteiger partial charge on any atom is 0.236 e. The Kier molecular flexibility index (Phi) is 7.47. The number of rotatable bonds is 9. The van der Waals surface area contributed by atoms with Crippen LogP contribution < -0.4 is 15.4 Å². The van der Waals surface area contributed by atoms with Crippen LogP contribution in [-0.4, -0.2) is 57.1 Å². The number of ether oxygens (including phenoxy) is 2. The van der Waals surface area contributed by atoms with Gasteiger partial charge >= 0.3 is 0 Å². The topological polar surface area (TPSA) is 131 Å². The second-order valence-electron chi connectivity index (χ2n) is 9.88. The average Bonchev–Trinajstić information content (AvgIpc) is 3.58.